The number of aliphatic hydroxyl groups is 1. The summed E-state index contributed by atoms with van der Waals surface area (Å²) in [6.45, 7) is 1.81. The van der Waals surface area contributed by atoms with Crippen LogP contribution in [0.1, 0.15) is 35.4 Å². The first kappa shape index (κ1) is 16.0. The first-order valence-corrected chi connectivity index (χ1v) is 7.37. The molecule has 1 fully saturated rings. The summed E-state index contributed by atoms with van der Waals surface area (Å²) in [5.41, 5.74) is -0.0601. The van der Waals surface area contributed by atoms with Gasteiger partial charge in [-0.15, -0.1) is 0 Å². The van der Waals surface area contributed by atoms with Crippen LogP contribution in [0.4, 0.5) is 0 Å². The van der Waals surface area contributed by atoms with E-state index in [0.29, 0.717) is 0 Å². The molecule has 4 atom stereocenters. The Bertz CT molecular complexity index is 656. The molecule has 126 valence electrons. The number of methoxy groups -OCH3 is 2. The van der Waals surface area contributed by atoms with Crippen molar-refractivity contribution >= 4 is 5.78 Å². The standard InChI is InChI=1S/C16H20O7/c1-16(22-3)5-7-8(6-23-16)14(19)11-9(17)4-10(21-2)15(20)12(11)13(7)18/h4,7-8,13,17-18,20H,5-6H2,1-3H3/t7-,8-,13+,16+/m0/s1. The lowest BCUT2D eigenvalue weighted by Crippen LogP contribution is -2.49. The average molecular weight is 324 g/mol. The van der Waals surface area contributed by atoms with Gasteiger partial charge in [-0.25, -0.2) is 0 Å². The normalized spacial score (nSPS) is 33.0. The van der Waals surface area contributed by atoms with Gasteiger partial charge in [-0.1, -0.05) is 0 Å². The van der Waals surface area contributed by atoms with Crippen molar-refractivity contribution in [1.82, 2.24) is 0 Å². The second kappa shape index (κ2) is 5.36. The van der Waals surface area contributed by atoms with Crippen LogP contribution in [0.25, 0.3) is 0 Å². The van der Waals surface area contributed by atoms with Crippen LogP contribution in [0.5, 0.6) is 17.2 Å². The first-order chi connectivity index (χ1) is 10.8. The number of hydrogen-bond donors (Lipinski definition) is 3. The number of aromatic hydroxyl groups is 2. The average Bonchev–Trinajstić information content (AvgIpc) is 2.54. The number of fused-ring (bicyclic) bond motifs is 2. The van der Waals surface area contributed by atoms with Gasteiger partial charge in [0.2, 0.25) is 0 Å². The summed E-state index contributed by atoms with van der Waals surface area (Å²) < 4.78 is 15.9. The molecule has 2 aliphatic rings. The van der Waals surface area contributed by atoms with E-state index in [1.807, 2.05) is 0 Å². The van der Waals surface area contributed by atoms with Gasteiger partial charge in [0.15, 0.2) is 23.1 Å². The molecule has 1 aliphatic heterocycles. The molecule has 1 aromatic carbocycles. The van der Waals surface area contributed by atoms with E-state index in [4.69, 9.17) is 14.2 Å². The topological polar surface area (TPSA) is 105 Å². The van der Waals surface area contributed by atoms with Gasteiger partial charge in [-0.2, -0.15) is 0 Å². The van der Waals surface area contributed by atoms with Gasteiger partial charge >= 0.3 is 0 Å². The zero-order chi connectivity index (χ0) is 16.9. The molecule has 0 saturated carbocycles. The minimum Gasteiger partial charge on any atom is -0.507 e. The fourth-order valence-corrected chi connectivity index (χ4v) is 3.52. The molecule has 1 heterocycles. The summed E-state index contributed by atoms with van der Waals surface area (Å²) in [6.07, 6.45) is -0.843. The highest BCUT2D eigenvalue weighted by Crippen LogP contribution is 2.52. The number of benzene rings is 1. The number of Topliss-reactive ketones (excluding diaryl/α,β-unsaturated/α-hetero) is 1. The molecule has 0 radical (unpaired) electrons. The zero-order valence-corrected chi connectivity index (χ0v) is 13.2. The van der Waals surface area contributed by atoms with E-state index in [-0.39, 0.29) is 47.2 Å². The van der Waals surface area contributed by atoms with E-state index in [0.717, 1.165) is 0 Å². The SMILES string of the molecule is COc1cc(O)c2c(c1O)[C@H](O)[C@H]1C[C@](C)(OC)OC[C@@H]1C2=O. The van der Waals surface area contributed by atoms with Gasteiger partial charge in [0.1, 0.15) is 5.75 Å². The van der Waals surface area contributed by atoms with E-state index in [9.17, 15) is 20.1 Å². The Kier molecular flexibility index (Phi) is 3.74. The highest BCUT2D eigenvalue weighted by molar-refractivity contribution is 6.04. The van der Waals surface area contributed by atoms with Crippen LogP contribution in [0.2, 0.25) is 0 Å². The van der Waals surface area contributed by atoms with Crippen molar-refractivity contribution in [3.05, 3.63) is 17.2 Å². The number of phenolic OH excluding ortho intramolecular Hbond substituents is 2. The fraction of sp³-hybridized carbons (Fsp3) is 0.562. The van der Waals surface area contributed by atoms with Gasteiger partial charge in [-0.3, -0.25) is 4.79 Å². The number of carbonyl (C=O) groups excluding carboxylic acids is 1. The Labute approximate surface area is 133 Å². The molecule has 3 rings (SSSR count). The maximum Gasteiger partial charge on any atom is 0.172 e. The molecule has 1 aliphatic carbocycles. The monoisotopic (exact) mass is 324 g/mol. The van der Waals surface area contributed by atoms with Gasteiger partial charge in [0.25, 0.3) is 0 Å². The molecular formula is C16H20O7. The van der Waals surface area contributed by atoms with Gasteiger partial charge in [-0.05, 0) is 6.92 Å². The molecule has 0 spiro atoms. The zero-order valence-electron chi connectivity index (χ0n) is 13.2. The molecule has 23 heavy (non-hydrogen) atoms. The summed E-state index contributed by atoms with van der Waals surface area (Å²) in [5, 5.41) is 31.2. The number of aliphatic hydroxyl groups excluding tert-OH is 1. The summed E-state index contributed by atoms with van der Waals surface area (Å²) in [7, 11) is 2.83. The van der Waals surface area contributed by atoms with Crippen LogP contribution in [0.3, 0.4) is 0 Å². The van der Waals surface area contributed by atoms with Gasteiger partial charge in [0, 0.05) is 31.1 Å². The predicted molar refractivity (Wildman–Crippen MR) is 78.6 cm³/mol. The summed E-state index contributed by atoms with van der Waals surface area (Å²) in [6, 6.07) is 1.17. The molecule has 0 bridgehead atoms. The second-order valence-corrected chi connectivity index (χ2v) is 6.17. The lowest BCUT2D eigenvalue weighted by atomic mass is 9.69. The van der Waals surface area contributed by atoms with Crippen molar-refractivity contribution < 1.29 is 34.3 Å². The van der Waals surface area contributed by atoms with Gasteiger partial charge < -0.3 is 29.5 Å². The van der Waals surface area contributed by atoms with Crippen LogP contribution in [0.15, 0.2) is 6.07 Å². The van der Waals surface area contributed by atoms with Crippen molar-refractivity contribution in [3.63, 3.8) is 0 Å². The number of ether oxygens (including phenoxy) is 3. The number of phenols is 2. The summed E-state index contributed by atoms with van der Waals surface area (Å²) >= 11 is 0. The van der Waals surface area contributed by atoms with Crippen LogP contribution in [-0.2, 0) is 9.47 Å². The molecular weight excluding hydrogens is 304 g/mol. The quantitative estimate of drug-likeness (QED) is 0.705. The largest absolute Gasteiger partial charge is 0.507 e. The van der Waals surface area contributed by atoms with Crippen molar-refractivity contribution in [2.75, 3.05) is 20.8 Å². The molecule has 7 heteroatoms. The van der Waals surface area contributed by atoms with Crippen molar-refractivity contribution in [1.29, 1.82) is 0 Å². The molecule has 7 nitrogen and oxygen atoms in total. The molecule has 0 aromatic heterocycles. The van der Waals surface area contributed by atoms with E-state index in [2.05, 4.69) is 0 Å². The number of hydrogen-bond acceptors (Lipinski definition) is 7. The molecule has 0 amide bonds. The van der Waals surface area contributed by atoms with E-state index >= 15 is 0 Å². The lowest BCUT2D eigenvalue weighted by molar-refractivity contribution is -0.257. The first-order valence-electron chi connectivity index (χ1n) is 7.37. The second-order valence-electron chi connectivity index (χ2n) is 6.17. The van der Waals surface area contributed by atoms with Crippen molar-refractivity contribution in [3.8, 4) is 17.2 Å². The number of ketones is 1. The Hall–Kier alpha value is -1.83. The Morgan fingerprint density at radius 3 is 2.65 bits per heavy atom. The third kappa shape index (κ3) is 2.27. The van der Waals surface area contributed by atoms with E-state index in [1.54, 1.807) is 6.92 Å². The van der Waals surface area contributed by atoms with Crippen molar-refractivity contribution in [2.24, 2.45) is 11.8 Å². The third-order valence-electron chi connectivity index (χ3n) is 4.91. The van der Waals surface area contributed by atoms with Crippen LogP contribution >= 0.6 is 0 Å². The smallest absolute Gasteiger partial charge is 0.172 e. The fourth-order valence-electron chi connectivity index (χ4n) is 3.52. The maximum absolute atomic E-state index is 12.7. The minimum atomic E-state index is -1.13. The Morgan fingerprint density at radius 1 is 1.35 bits per heavy atom. The Morgan fingerprint density at radius 2 is 2.04 bits per heavy atom. The Balaban J connectivity index is 2.13. The van der Waals surface area contributed by atoms with Crippen molar-refractivity contribution in [2.45, 2.75) is 25.2 Å². The highest BCUT2D eigenvalue weighted by atomic mass is 16.7. The van der Waals surface area contributed by atoms with Gasteiger partial charge in [0.05, 0.1) is 31.3 Å². The summed E-state index contributed by atoms with van der Waals surface area (Å²) in [5.74, 6) is -2.99. The molecule has 1 saturated heterocycles. The minimum absolute atomic E-state index is 0.00751. The molecule has 3 N–H and O–H groups in total. The molecule has 1 aromatic rings. The third-order valence-corrected chi connectivity index (χ3v) is 4.91. The van der Waals surface area contributed by atoms with E-state index in [1.165, 1.54) is 20.3 Å². The summed E-state index contributed by atoms with van der Waals surface area (Å²) in [4.78, 5) is 12.7. The van der Waals surface area contributed by atoms with Crippen LogP contribution < -0.4 is 4.74 Å². The van der Waals surface area contributed by atoms with Crippen LogP contribution in [-0.4, -0.2) is 47.7 Å². The van der Waals surface area contributed by atoms with Crippen LogP contribution in [0, 0.1) is 11.8 Å². The number of rotatable bonds is 2. The predicted octanol–water partition coefficient (Wildman–Crippen LogP) is 1.35. The number of carbonyl (C=O) groups is 1. The van der Waals surface area contributed by atoms with E-state index < -0.39 is 23.7 Å². The highest BCUT2D eigenvalue weighted by Gasteiger charge is 2.51. The maximum atomic E-state index is 12.7. The molecule has 0 unspecified atom stereocenters. The lowest BCUT2D eigenvalue weighted by Gasteiger charge is -2.45.